The van der Waals surface area contributed by atoms with Gasteiger partial charge in [0.05, 0.1) is 11.9 Å². The molecule has 5 heteroatoms. The van der Waals surface area contributed by atoms with Crippen LogP contribution in [0.4, 0.5) is 5.69 Å². The van der Waals surface area contributed by atoms with Gasteiger partial charge in [0.2, 0.25) is 5.91 Å². The van der Waals surface area contributed by atoms with Crippen molar-refractivity contribution in [3.05, 3.63) is 95.7 Å². The molecule has 1 heterocycles. The van der Waals surface area contributed by atoms with Gasteiger partial charge in [0, 0.05) is 36.4 Å². The molecule has 0 saturated carbocycles. The van der Waals surface area contributed by atoms with Crippen LogP contribution >= 0.6 is 0 Å². The number of nitrogens with one attached hydrogen (secondary N) is 1. The molecule has 1 aromatic heterocycles. The molecule has 2 amide bonds. The number of para-hydroxylation sites is 1. The third kappa shape index (κ3) is 4.37. The fraction of sp³-hybridized carbons (Fsp3) is 0.148. The van der Waals surface area contributed by atoms with Crippen LogP contribution in [-0.4, -0.2) is 35.8 Å². The Hall–Kier alpha value is -3.99. The molecule has 0 spiro atoms. The summed E-state index contributed by atoms with van der Waals surface area (Å²) >= 11 is 0. The van der Waals surface area contributed by atoms with Gasteiger partial charge in [-0.1, -0.05) is 48.5 Å². The summed E-state index contributed by atoms with van der Waals surface area (Å²) in [5, 5.41) is 3.97. The van der Waals surface area contributed by atoms with Crippen molar-refractivity contribution in [1.29, 1.82) is 0 Å². The van der Waals surface area contributed by atoms with Crippen LogP contribution in [0.25, 0.3) is 22.0 Å². The molecule has 0 aliphatic carbocycles. The molecule has 0 unspecified atom stereocenters. The molecular weight excluding hydrogens is 398 g/mol. The highest BCUT2D eigenvalue weighted by Gasteiger charge is 2.17. The second-order valence-electron chi connectivity index (χ2n) is 7.94. The molecule has 0 aliphatic rings. The molecular formula is C27H25N3O2. The first-order valence-corrected chi connectivity index (χ1v) is 10.5. The lowest BCUT2D eigenvalue weighted by Crippen LogP contribution is -2.21. The summed E-state index contributed by atoms with van der Waals surface area (Å²) in [6, 6.07) is 25.0. The van der Waals surface area contributed by atoms with Crippen LogP contribution in [0.5, 0.6) is 0 Å². The van der Waals surface area contributed by atoms with Gasteiger partial charge in [-0.15, -0.1) is 0 Å². The largest absolute Gasteiger partial charge is 0.345 e. The number of anilines is 1. The highest BCUT2D eigenvalue weighted by Crippen LogP contribution is 2.33. The summed E-state index contributed by atoms with van der Waals surface area (Å²) in [5.41, 5.74) is 5.98. The van der Waals surface area contributed by atoms with Crippen LogP contribution in [-0.2, 0) is 11.2 Å². The van der Waals surface area contributed by atoms with Crippen molar-refractivity contribution in [2.24, 2.45) is 0 Å². The molecule has 0 radical (unpaired) electrons. The Morgan fingerprint density at radius 1 is 0.875 bits per heavy atom. The Morgan fingerprint density at radius 3 is 2.22 bits per heavy atom. The molecule has 0 fully saturated rings. The highest BCUT2D eigenvalue weighted by atomic mass is 16.2. The first-order valence-electron chi connectivity index (χ1n) is 10.5. The fourth-order valence-corrected chi connectivity index (χ4v) is 3.85. The summed E-state index contributed by atoms with van der Waals surface area (Å²) in [6.07, 6.45) is 0.201. The molecule has 5 nitrogen and oxygen atoms in total. The Bertz CT molecular complexity index is 1280. The zero-order chi connectivity index (χ0) is 22.7. The number of fused-ring (bicyclic) bond motifs is 1. The van der Waals surface area contributed by atoms with Crippen LogP contribution in [0.15, 0.2) is 78.9 Å². The Morgan fingerprint density at radius 2 is 1.53 bits per heavy atom. The third-order valence-corrected chi connectivity index (χ3v) is 5.42. The molecule has 4 rings (SSSR count). The molecule has 4 aromatic rings. The maximum atomic E-state index is 13.0. The highest BCUT2D eigenvalue weighted by molar-refractivity contribution is 6.00. The summed E-state index contributed by atoms with van der Waals surface area (Å²) in [6.45, 7) is 1.95. The maximum absolute atomic E-state index is 13.0. The van der Waals surface area contributed by atoms with E-state index in [1.807, 2.05) is 49.4 Å². The second kappa shape index (κ2) is 9.02. The third-order valence-electron chi connectivity index (χ3n) is 5.42. The van der Waals surface area contributed by atoms with E-state index in [1.165, 1.54) is 4.90 Å². The van der Waals surface area contributed by atoms with Crippen molar-refractivity contribution in [2.45, 2.75) is 13.3 Å². The van der Waals surface area contributed by atoms with Crippen LogP contribution in [0, 0.1) is 6.92 Å². The fourth-order valence-electron chi connectivity index (χ4n) is 3.85. The van der Waals surface area contributed by atoms with Gasteiger partial charge < -0.3 is 10.2 Å². The number of hydrogen-bond donors (Lipinski definition) is 1. The molecule has 32 heavy (non-hydrogen) atoms. The van der Waals surface area contributed by atoms with E-state index in [0.717, 1.165) is 33.3 Å². The Balaban J connectivity index is 1.65. The number of nitrogens with zero attached hydrogens (tertiary/aromatic N) is 2. The first kappa shape index (κ1) is 21.2. The average Bonchev–Trinajstić information content (AvgIpc) is 2.80. The topological polar surface area (TPSA) is 62.3 Å². The average molecular weight is 424 g/mol. The molecule has 0 atom stereocenters. The number of rotatable bonds is 5. The van der Waals surface area contributed by atoms with Crippen LogP contribution in [0.3, 0.4) is 0 Å². The van der Waals surface area contributed by atoms with E-state index in [0.29, 0.717) is 11.3 Å². The van der Waals surface area contributed by atoms with Crippen molar-refractivity contribution < 1.29 is 9.59 Å². The molecule has 160 valence electrons. The van der Waals surface area contributed by atoms with Crippen LogP contribution in [0.2, 0.25) is 0 Å². The van der Waals surface area contributed by atoms with E-state index in [2.05, 4.69) is 17.4 Å². The minimum Gasteiger partial charge on any atom is -0.345 e. The zero-order valence-corrected chi connectivity index (χ0v) is 18.4. The van der Waals surface area contributed by atoms with Crippen molar-refractivity contribution in [2.75, 3.05) is 19.4 Å². The van der Waals surface area contributed by atoms with E-state index < -0.39 is 0 Å². The van der Waals surface area contributed by atoms with Gasteiger partial charge in [0.25, 0.3) is 5.91 Å². The van der Waals surface area contributed by atoms with Gasteiger partial charge in [-0.2, -0.15) is 0 Å². The van der Waals surface area contributed by atoms with Gasteiger partial charge in [0.15, 0.2) is 0 Å². The van der Waals surface area contributed by atoms with Gasteiger partial charge in [0.1, 0.15) is 0 Å². The molecule has 3 aromatic carbocycles. The minimum absolute atomic E-state index is 0.0757. The van der Waals surface area contributed by atoms with Crippen molar-refractivity contribution >= 4 is 28.4 Å². The zero-order valence-electron chi connectivity index (χ0n) is 18.4. The maximum Gasteiger partial charge on any atom is 0.253 e. The van der Waals surface area contributed by atoms with Gasteiger partial charge >= 0.3 is 0 Å². The number of aromatic nitrogens is 1. The number of hydrogen-bond acceptors (Lipinski definition) is 3. The number of pyridine rings is 1. The number of carbonyl (C=O) groups excluding carboxylic acids is 2. The Kier molecular flexibility index (Phi) is 5.99. The smallest absolute Gasteiger partial charge is 0.253 e. The number of amides is 2. The monoisotopic (exact) mass is 423 g/mol. The lowest BCUT2D eigenvalue weighted by atomic mass is 9.92. The van der Waals surface area contributed by atoms with E-state index >= 15 is 0 Å². The standard InChI is InChI=1S/C27H25N3O2/c1-18-23(17-25(31)29-21-15-13-20(14-16-21)27(32)30(2)3)26(19-9-5-4-6-10-19)22-11-7-8-12-24(22)28-18/h4-16H,17H2,1-3H3,(H,29,31). The van der Waals surface area contributed by atoms with Crippen molar-refractivity contribution in [1.82, 2.24) is 9.88 Å². The molecule has 0 aliphatic heterocycles. The van der Waals surface area contributed by atoms with Crippen LogP contribution < -0.4 is 5.32 Å². The predicted molar refractivity (Wildman–Crippen MR) is 129 cm³/mol. The minimum atomic E-state index is -0.131. The summed E-state index contributed by atoms with van der Waals surface area (Å²) < 4.78 is 0. The molecule has 0 saturated heterocycles. The first-order chi connectivity index (χ1) is 15.4. The van der Waals surface area contributed by atoms with Crippen molar-refractivity contribution in [3.63, 3.8) is 0 Å². The van der Waals surface area contributed by atoms with Gasteiger partial charge in [-0.3, -0.25) is 14.6 Å². The number of carbonyl (C=O) groups is 2. The van der Waals surface area contributed by atoms with E-state index in [9.17, 15) is 9.59 Å². The number of benzene rings is 3. The summed E-state index contributed by atoms with van der Waals surface area (Å²) in [4.78, 5) is 31.3. The second-order valence-corrected chi connectivity index (χ2v) is 7.94. The summed E-state index contributed by atoms with van der Waals surface area (Å²) in [7, 11) is 3.42. The Labute approximate surface area is 187 Å². The van der Waals surface area contributed by atoms with Gasteiger partial charge in [-0.25, -0.2) is 0 Å². The molecule has 1 N–H and O–H groups in total. The SMILES string of the molecule is Cc1nc2ccccc2c(-c2ccccc2)c1CC(=O)Nc1ccc(C(=O)N(C)C)cc1. The van der Waals surface area contributed by atoms with Crippen LogP contribution in [0.1, 0.15) is 21.6 Å². The normalized spacial score (nSPS) is 10.7. The lowest BCUT2D eigenvalue weighted by molar-refractivity contribution is -0.115. The quantitative estimate of drug-likeness (QED) is 0.486. The van der Waals surface area contributed by atoms with Gasteiger partial charge in [-0.05, 0) is 53.9 Å². The van der Waals surface area contributed by atoms with E-state index in [1.54, 1.807) is 38.4 Å². The number of aryl methyl sites for hydroxylation is 1. The lowest BCUT2D eigenvalue weighted by Gasteiger charge is -2.16. The summed E-state index contributed by atoms with van der Waals surface area (Å²) in [5.74, 6) is -0.206. The molecule has 0 bridgehead atoms. The van der Waals surface area contributed by atoms with E-state index in [-0.39, 0.29) is 18.2 Å². The van der Waals surface area contributed by atoms with E-state index in [4.69, 9.17) is 4.98 Å². The predicted octanol–water partition coefficient (Wildman–Crippen LogP) is 5.09. The van der Waals surface area contributed by atoms with Crippen molar-refractivity contribution in [3.8, 4) is 11.1 Å².